The Morgan fingerprint density at radius 2 is 1.95 bits per heavy atom. The Morgan fingerprint density at radius 3 is 2.53 bits per heavy atom. The van der Waals surface area contributed by atoms with E-state index in [-0.39, 0.29) is 11.9 Å². The van der Waals surface area contributed by atoms with Crippen molar-refractivity contribution in [2.75, 3.05) is 6.61 Å². The summed E-state index contributed by atoms with van der Waals surface area (Å²) in [4.78, 5) is 12.2. The maximum absolute atomic E-state index is 12.2. The Kier molecular flexibility index (Phi) is 5.26. The van der Waals surface area contributed by atoms with Crippen molar-refractivity contribution in [1.29, 1.82) is 0 Å². The van der Waals surface area contributed by atoms with Crippen molar-refractivity contribution in [2.24, 2.45) is 5.92 Å². The van der Waals surface area contributed by atoms with Gasteiger partial charge in [0, 0.05) is 5.02 Å². The molecule has 0 bridgehead atoms. The van der Waals surface area contributed by atoms with E-state index in [1.54, 1.807) is 0 Å². The van der Waals surface area contributed by atoms with Crippen LogP contribution in [-0.4, -0.2) is 12.6 Å². The summed E-state index contributed by atoms with van der Waals surface area (Å²) in [6.45, 7) is 2.29. The maximum atomic E-state index is 12.2. The highest BCUT2D eigenvalue weighted by Gasteiger charge is 2.27. The van der Waals surface area contributed by atoms with Gasteiger partial charge in [0.15, 0.2) is 0 Å². The summed E-state index contributed by atoms with van der Waals surface area (Å²) < 4.78 is 5.23. The Morgan fingerprint density at radius 1 is 1.32 bits per heavy atom. The van der Waals surface area contributed by atoms with Crippen molar-refractivity contribution in [1.82, 2.24) is 0 Å². The van der Waals surface area contributed by atoms with E-state index in [4.69, 9.17) is 16.3 Å². The second-order valence-electron chi connectivity index (χ2n) is 5.24. The highest BCUT2D eigenvalue weighted by atomic mass is 35.5. The van der Waals surface area contributed by atoms with Gasteiger partial charge in [-0.2, -0.15) is 0 Å². The first-order valence-electron chi connectivity index (χ1n) is 7.12. The molecule has 0 amide bonds. The van der Waals surface area contributed by atoms with Crippen molar-refractivity contribution in [3.05, 3.63) is 34.9 Å². The summed E-state index contributed by atoms with van der Waals surface area (Å²) in [5, 5.41) is 0.701. The fraction of sp³-hybridized carbons (Fsp3) is 0.562. The molecule has 0 heterocycles. The molecule has 0 saturated heterocycles. The molecule has 1 saturated carbocycles. The molecule has 2 rings (SSSR count). The maximum Gasteiger partial charge on any atom is 0.313 e. The van der Waals surface area contributed by atoms with E-state index in [9.17, 15) is 4.79 Å². The van der Waals surface area contributed by atoms with Gasteiger partial charge in [0.1, 0.15) is 0 Å². The van der Waals surface area contributed by atoms with Gasteiger partial charge in [-0.05, 0) is 37.0 Å². The lowest BCUT2D eigenvalue weighted by Crippen LogP contribution is -2.18. The van der Waals surface area contributed by atoms with Crippen LogP contribution in [0.2, 0.25) is 5.02 Å². The quantitative estimate of drug-likeness (QED) is 0.739. The van der Waals surface area contributed by atoms with E-state index in [0.29, 0.717) is 17.5 Å². The van der Waals surface area contributed by atoms with Crippen LogP contribution in [0.4, 0.5) is 0 Å². The molecule has 1 aromatic carbocycles. The Hall–Kier alpha value is -1.02. The number of halogens is 1. The minimum absolute atomic E-state index is 0.100. The second-order valence-corrected chi connectivity index (χ2v) is 5.68. The van der Waals surface area contributed by atoms with Crippen molar-refractivity contribution < 1.29 is 9.53 Å². The molecule has 104 valence electrons. The number of ether oxygens (including phenoxy) is 1. The SMILES string of the molecule is CCOC(=O)[C@H](CC1CCCC1)c1ccc(Cl)cc1. The molecule has 0 aliphatic heterocycles. The van der Waals surface area contributed by atoms with Crippen LogP contribution in [0.3, 0.4) is 0 Å². The van der Waals surface area contributed by atoms with Gasteiger partial charge >= 0.3 is 5.97 Å². The molecule has 3 heteroatoms. The molecule has 0 spiro atoms. The first kappa shape index (κ1) is 14.4. The first-order chi connectivity index (χ1) is 9.20. The summed E-state index contributed by atoms with van der Waals surface area (Å²) in [5.41, 5.74) is 1.02. The van der Waals surface area contributed by atoms with E-state index in [2.05, 4.69) is 0 Å². The molecule has 1 aliphatic carbocycles. The van der Waals surface area contributed by atoms with Gasteiger partial charge in [0.25, 0.3) is 0 Å². The molecule has 1 fully saturated rings. The van der Waals surface area contributed by atoms with Gasteiger partial charge in [-0.1, -0.05) is 49.4 Å². The van der Waals surface area contributed by atoms with E-state index < -0.39 is 0 Å². The molecular formula is C16H21ClO2. The lowest BCUT2D eigenvalue weighted by molar-refractivity contribution is -0.145. The van der Waals surface area contributed by atoms with Gasteiger partial charge in [0.05, 0.1) is 12.5 Å². The summed E-state index contributed by atoms with van der Waals surface area (Å²) in [6.07, 6.45) is 5.97. The van der Waals surface area contributed by atoms with Crippen LogP contribution in [0.15, 0.2) is 24.3 Å². The van der Waals surface area contributed by atoms with Crippen LogP contribution in [0, 0.1) is 5.92 Å². The molecule has 1 aromatic rings. The van der Waals surface area contributed by atoms with Crippen molar-refractivity contribution >= 4 is 17.6 Å². The van der Waals surface area contributed by atoms with Crippen molar-refractivity contribution in [3.63, 3.8) is 0 Å². The van der Waals surface area contributed by atoms with Gasteiger partial charge in [-0.3, -0.25) is 4.79 Å². The van der Waals surface area contributed by atoms with E-state index in [1.165, 1.54) is 25.7 Å². The van der Waals surface area contributed by atoms with Crippen LogP contribution in [0.5, 0.6) is 0 Å². The Bertz CT molecular complexity index is 407. The molecule has 1 atom stereocenters. The lowest BCUT2D eigenvalue weighted by Gasteiger charge is -2.19. The monoisotopic (exact) mass is 280 g/mol. The number of hydrogen-bond donors (Lipinski definition) is 0. The molecule has 2 nitrogen and oxygen atoms in total. The van der Waals surface area contributed by atoms with Gasteiger partial charge in [-0.25, -0.2) is 0 Å². The highest BCUT2D eigenvalue weighted by molar-refractivity contribution is 6.30. The number of esters is 1. The van der Waals surface area contributed by atoms with Gasteiger partial charge in [0.2, 0.25) is 0 Å². The third kappa shape index (κ3) is 3.97. The van der Waals surface area contributed by atoms with Gasteiger partial charge < -0.3 is 4.74 Å². The topological polar surface area (TPSA) is 26.3 Å². The zero-order chi connectivity index (χ0) is 13.7. The summed E-state index contributed by atoms with van der Waals surface area (Å²) in [5.74, 6) is 0.419. The number of carbonyl (C=O) groups is 1. The average molecular weight is 281 g/mol. The van der Waals surface area contributed by atoms with Crippen LogP contribution >= 0.6 is 11.6 Å². The zero-order valence-electron chi connectivity index (χ0n) is 11.4. The molecule has 1 aliphatic rings. The van der Waals surface area contributed by atoms with Crippen molar-refractivity contribution in [2.45, 2.75) is 44.9 Å². The summed E-state index contributed by atoms with van der Waals surface area (Å²) in [7, 11) is 0. The van der Waals surface area contributed by atoms with Crippen molar-refractivity contribution in [3.8, 4) is 0 Å². The number of benzene rings is 1. The smallest absolute Gasteiger partial charge is 0.313 e. The molecule has 0 N–H and O–H groups in total. The van der Waals surface area contributed by atoms with Gasteiger partial charge in [-0.15, -0.1) is 0 Å². The minimum Gasteiger partial charge on any atom is -0.466 e. The minimum atomic E-state index is -0.139. The largest absolute Gasteiger partial charge is 0.466 e. The first-order valence-corrected chi connectivity index (χ1v) is 7.50. The summed E-state index contributed by atoms with van der Waals surface area (Å²) in [6, 6.07) is 7.58. The zero-order valence-corrected chi connectivity index (χ0v) is 12.2. The average Bonchev–Trinajstić information content (AvgIpc) is 2.90. The molecule has 0 aromatic heterocycles. The van der Waals surface area contributed by atoms with Crippen LogP contribution < -0.4 is 0 Å². The van der Waals surface area contributed by atoms with Crippen LogP contribution in [-0.2, 0) is 9.53 Å². The fourth-order valence-corrected chi connectivity index (χ4v) is 3.01. The third-order valence-electron chi connectivity index (χ3n) is 3.89. The number of rotatable bonds is 5. The van der Waals surface area contributed by atoms with E-state index in [1.807, 2.05) is 31.2 Å². The predicted octanol–water partition coefficient (Wildman–Crippen LogP) is 4.57. The number of hydrogen-bond acceptors (Lipinski definition) is 2. The second kappa shape index (κ2) is 6.95. The highest BCUT2D eigenvalue weighted by Crippen LogP contribution is 2.35. The predicted molar refractivity (Wildman–Crippen MR) is 77.4 cm³/mol. The summed E-state index contributed by atoms with van der Waals surface area (Å²) >= 11 is 5.91. The third-order valence-corrected chi connectivity index (χ3v) is 4.14. The van der Waals surface area contributed by atoms with E-state index in [0.717, 1.165) is 12.0 Å². The standard InChI is InChI=1S/C16H21ClO2/c1-2-19-16(18)15(11-12-5-3-4-6-12)13-7-9-14(17)10-8-13/h7-10,12,15H,2-6,11H2,1H3/t15-/m1/s1. The Balaban J connectivity index is 2.12. The van der Waals surface area contributed by atoms with Crippen LogP contribution in [0.1, 0.15) is 50.5 Å². The lowest BCUT2D eigenvalue weighted by atomic mass is 9.88. The molecule has 0 radical (unpaired) electrons. The molecular weight excluding hydrogens is 260 g/mol. The normalized spacial score (nSPS) is 17.4. The number of carbonyl (C=O) groups excluding carboxylic acids is 1. The molecule has 19 heavy (non-hydrogen) atoms. The molecule has 0 unspecified atom stereocenters. The van der Waals surface area contributed by atoms with E-state index >= 15 is 0 Å². The van der Waals surface area contributed by atoms with Crippen LogP contribution in [0.25, 0.3) is 0 Å². The fourth-order valence-electron chi connectivity index (χ4n) is 2.89. The Labute approximate surface area is 120 Å².